The van der Waals surface area contributed by atoms with Gasteiger partial charge in [-0.05, 0) is 19.4 Å². The van der Waals surface area contributed by atoms with Gasteiger partial charge in [0.2, 0.25) is 0 Å². The van der Waals surface area contributed by atoms with Gasteiger partial charge in [-0.3, -0.25) is 10.1 Å². The molecule has 0 aromatic heterocycles. The molecule has 0 saturated carbocycles. The van der Waals surface area contributed by atoms with Crippen molar-refractivity contribution in [2.45, 2.75) is 20.2 Å². The first-order chi connectivity index (χ1) is 6.19. The Morgan fingerprint density at radius 1 is 1.57 bits per heavy atom. The molecule has 1 rings (SSSR count). The van der Waals surface area contributed by atoms with Gasteiger partial charge >= 0.3 is 0 Å². The Hall–Kier alpha value is -0.276. The summed E-state index contributed by atoms with van der Waals surface area (Å²) in [7, 11) is 0. The molecule has 14 heavy (non-hydrogen) atoms. The third-order valence-corrected chi connectivity index (χ3v) is 1.72. The summed E-state index contributed by atoms with van der Waals surface area (Å²) >= 11 is 0. The Morgan fingerprint density at radius 2 is 2.21 bits per heavy atom. The summed E-state index contributed by atoms with van der Waals surface area (Å²) in [6, 6.07) is 4.83. The predicted molar refractivity (Wildman–Crippen MR) is 53.6 cm³/mol. The van der Waals surface area contributed by atoms with E-state index in [4.69, 9.17) is 1.37 Å². The predicted octanol–water partition coefficient (Wildman–Crippen LogP) is 2.91. The summed E-state index contributed by atoms with van der Waals surface area (Å²) in [5.74, 6) is 0. The van der Waals surface area contributed by atoms with Crippen molar-refractivity contribution in [1.82, 2.24) is 0 Å². The molecule has 0 heterocycles. The number of nitrogens with zero attached hydrogens (tertiary/aromatic N) is 1. The summed E-state index contributed by atoms with van der Waals surface area (Å²) in [4.78, 5) is 10.2. The number of benzene rings is 1. The number of rotatable bonds is 2. The maximum atomic E-state index is 10.5. The van der Waals surface area contributed by atoms with Gasteiger partial charge in [0.05, 0.1) is 4.92 Å². The maximum Gasteiger partial charge on any atom is 0.272 e. The van der Waals surface area contributed by atoms with Crippen molar-refractivity contribution in [3.63, 3.8) is 0 Å². The van der Waals surface area contributed by atoms with Crippen LogP contribution in [0.3, 0.4) is 0 Å². The molecule has 0 unspecified atom stereocenters. The molecule has 0 aliphatic heterocycles. The molecule has 3 nitrogen and oxygen atoms in total. The number of nitro benzene ring substituents is 1. The largest absolute Gasteiger partial charge is 0.358 e. The molecule has 0 bridgehead atoms. The fraction of sp³-hybridized carbons (Fsp3) is 0.300. The van der Waals surface area contributed by atoms with Crippen LogP contribution in [0, 0.1) is 24.4 Å². The number of nitro groups is 1. The van der Waals surface area contributed by atoms with E-state index in [0.29, 0.717) is 12.0 Å². The number of aryl methyl sites for hydroxylation is 2. The summed E-state index contributed by atoms with van der Waals surface area (Å²) in [6.07, 6.45) is 0.629. The van der Waals surface area contributed by atoms with Gasteiger partial charge in [-0.25, -0.2) is 0 Å². The zero-order valence-electron chi connectivity index (χ0n) is 9.49. The zero-order chi connectivity index (χ0) is 9.84. The first kappa shape index (κ1) is 13.7. The fourth-order valence-electron chi connectivity index (χ4n) is 1.10. The van der Waals surface area contributed by atoms with E-state index >= 15 is 0 Å². The van der Waals surface area contributed by atoms with Gasteiger partial charge < -0.3 is 7.43 Å². The minimum Gasteiger partial charge on any atom is -0.358 e. The van der Waals surface area contributed by atoms with Crippen LogP contribution in [0.25, 0.3) is 0 Å². The molecule has 0 saturated heterocycles. The van der Waals surface area contributed by atoms with Crippen LogP contribution in [0.4, 0.5) is 5.69 Å². The van der Waals surface area contributed by atoms with E-state index < -0.39 is 0 Å². The summed E-state index contributed by atoms with van der Waals surface area (Å²) in [6.45, 7) is 2.04. The smallest absolute Gasteiger partial charge is 0.272 e. The standard InChI is InChI=1S/C9H11NO2.CH3.Y/c1-3-8-6-7(2)4-5-9(8)10(11)12;;/h4-6H,3H2,1-2H3;1H3;/q;-1;/i2D;;. The molecule has 0 fully saturated rings. The maximum absolute atomic E-state index is 10.5. The van der Waals surface area contributed by atoms with Crippen LogP contribution in [0.15, 0.2) is 18.2 Å². The van der Waals surface area contributed by atoms with Crippen LogP contribution in [-0.4, -0.2) is 4.92 Å². The minimum absolute atomic E-state index is 0. The number of hydrogen-bond acceptors (Lipinski definition) is 2. The van der Waals surface area contributed by atoms with Crippen LogP contribution in [0.1, 0.15) is 19.4 Å². The zero-order valence-corrected chi connectivity index (χ0v) is 11.3. The summed E-state index contributed by atoms with van der Waals surface area (Å²) < 4.78 is 7.12. The molecule has 75 valence electrons. The van der Waals surface area contributed by atoms with Gasteiger partial charge in [-0.15, -0.1) is 0 Å². The van der Waals surface area contributed by atoms with Crippen molar-refractivity contribution in [2.75, 3.05) is 0 Å². The molecule has 1 radical (unpaired) electrons. The summed E-state index contributed by atoms with van der Waals surface area (Å²) in [5, 5.41) is 10.5. The normalized spacial score (nSPS) is 9.36. The van der Waals surface area contributed by atoms with Gasteiger partial charge in [0, 0.05) is 45.7 Å². The van der Waals surface area contributed by atoms with Crippen LogP contribution in [-0.2, 0) is 39.1 Å². The van der Waals surface area contributed by atoms with Gasteiger partial charge in [0.15, 0.2) is 0 Å². The van der Waals surface area contributed by atoms with Gasteiger partial charge in [0.25, 0.3) is 5.69 Å². The third kappa shape index (κ3) is 3.85. The van der Waals surface area contributed by atoms with Crippen molar-refractivity contribution >= 4 is 5.69 Å². The molecular weight excluding hydrogens is 255 g/mol. The molecule has 0 aliphatic rings. The average Bonchev–Trinajstić information content (AvgIpc) is 2.16. The van der Waals surface area contributed by atoms with E-state index in [1.54, 1.807) is 12.1 Å². The van der Waals surface area contributed by atoms with E-state index in [9.17, 15) is 10.1 Å². The SMILES string of the molecule is [2H]Cc1ccc([N+](=O)[O-])c(CC)c1.[CH3-].[Y]. The molecule has 4 heteroatoms. The molecule has 1 aromatic carbocycles. The van der Waals surface area contributed by atoms with Crippen molar-refractivity contribution in [3.05, 3.63) is 46.9 Å². The molecule has 0 spiro atoms. The summed E-state index contributed by atoms with van der Waals surface area (Å²) in [5.41, 5.74) is 1.68. The van der Waals surface area contributed by atoms with Crippen molar-refractivity contribution in [1.29, 1.82) is 0 Å². The Kier molecular flexibility index (Phi) is 6.93. The van der Waals surface area contributed by atoms with E-state index in [2.05, 4.69) is 0 Å². The second-order valence-electron chi connectivity index (χ2n) is 2.57. The molecule has 0 N–H and O–H groups in total. The molecule has 0 aliphatic carbocycles. The topological polar surface area (TPSA) is 43.1 Å². The Balaban J connectivity index is 0. The molecule has 0 amide bonds. The van der Waals surface area contributed by atoms with Crippen LogP contribution in [0.5, 0.6) is 0 Å². The van der Waals surface area contributed by atoms with Crippen molar-refractivity contribution < 1.29 is 39.0 Å². The first-order valence-corrected chi connectivity index (χ1v) is 3.74. The van der Waals surface area contributed by atoms with Crippen LogP contribution >= 0.6 is 0 Å². The van der Waals surface area contributed by atoms with Crippen LogP contribution in [0.2, 0.25) is 0 Å². The Morgan fingerprint density at radius 3 is 2.64 bits per heavy atom. The van der Waals surface area contributed by atoms with E-state index in [0.717, 1.165) is 5.56 Å². The van der Waals surface area contributed by atoms with Gasteiger partial charge in [-0.1, -0.05) is 18.6 Å². The molecule has 0 atom stereocenters. The molecule has 1 aromatic rings. The number of hydrogen-bond donors (Lipinski definition) is 0. The average molecular weight is 270 g/mol. The minimum atomic E-state index is -0.382. The fourth-order valence-corrected chi connectivity index (χ4v) is 1.10. The third-order valence-electron chi connectivity index (χ3n) is 1.72. The molecular formula is C10H14NO2Y-. The monoisotopic (exact) mass is 270 g/mol. The second-order valence-corrected chi connectivity index (χ2v) is 2.57. The Bertz CT molecular complexity index is 331. The second kappa shape index (κ2) is 7.07. The quantitative estimate of drug-likeness (QED) is 0.471. The Labute approximate surface area is 111 Å². The van der Waals surface area contributed by atoms with E-state index in [-0.39, 0.29) is 57.6 Å². The first-order valence-electron chi connectivity index (χ1n) is 4.45. The van der Waals surface area contributed by atoms with Gasteiger partial charge in [-0.2, -0.15) is 0 Å². The van der Waals surface area contributed by atoms with E-state index in [1.165, 1.54) is 6.07 Å². The van der Waals surface area contributed by atoms with E-state index in [1.807, 2.05) is 6.92 Å². The van der Waals surface area contributed by atoms with Crippen LogP contribution < -0.4 is 0 Å². The van der Waals surface area contributed by atoms with Crippen molar-refractivity contribution in [3.8, 4) is 0 Å². The van der Waals surface area contributed by atoms with Crippen molar-refractivity contribution in [2.24, 2.45) is 0 Å². The van der Waals surface area contributed by atoms with Gasteiger partial charge in [0.1, 0.15) is 0 Å².